The molecule has 0 unspecified atom stereocenters. The predicted octanol–water partition coefficient (Wildman–Crippen LogP) is 2.60. The Balaban J connectivity index is 2.94. The van der Waals surface area contributed by atoms with Gasteiger partial charge in [0.05, 0.1) is 18.3 Å². The Morgan fingerprint density at radius 1 is 1.43 bits per heavy atom. The maximum absolute atomic E-state index is 10.4. The van der Waals surface area contributed by atoms with E-state index < -0.39 is 4.92 Å². The highest BCUT2D eigenvalue weighted by Crippen LogP contribution is 2.17. The Morgan fingerprint density at radius 3 is 2.43 bits per heavy atom. The zero-order valence-electron chi connectivity index (χ0n) is 8.06. The van der Waals surface area contributed by atoms with Gasteiger partial charge in [0.15, 0.2) is 0 Å². The van der Waals surface area contributed by atoms with Crippen molar-refractivity contribution in [2.75, 3.05) is 7.11 Å². The van der Waals surface area contributed by atoms with Crippen LogP contribution >= 0.6 is 0 Å². The van der Waals surface area contributed by atoms with Crippen LogP contribution in [0.1, 0.15) is 12.5 Å². The summed E-state index contributed by atoms with van der Waals surface area (Å²) in [5, 5.41) is 10.4. The molecule has 74 valence electrons. The van der Waals surface area contributed by atoms with Crippen molar-refractivity contribution in [3.8, 4) is 0 Å². The third-order valence-corrected chi connectivity index (χ3v) is 1.83. The second-order valence-corrected chi connectivity index (χ2v) is 2.84. The average Bonchev–Trinajstić information content (AvgIpc) is 2.18. The van der Waals surface area contributed by atoms with Crippen molar-refractivity contribution in [3.63, 3.8) is 0 Å². The summed E-state index contributed by atoms with van der Waals surface area (Å²) in [6.45, 7) is 1.88. The molecule has 0 fully saturated rings. The fourth-order valence-electron chi connectivity index (χ4n) is 1.09. The molecular formula is C10H11NO3. The molecule has 14 heavy (non-hydrogen) atoms. The lowest BCUT2D eigenvalue weighted by Crippen LogP contribution is -1.88. The maximum Gasteiger partial charge on any atom is 0.269 e. The van der Waals surface area contributed by atoms with Crippen LogP contribution < -0.4 is 0 Å². The van der Waals surface area contributed by atoms with Crippen molar-refractivity contribution in [2.45, 2.75) is 6.92 Å². The number of benzene rings is 1. The molecule has 0 radical (unpaired) electrons. The van der Waals surface area contributed by atoms with Crippen molar-refractivity contribution in [3.05, 3.63) is 46.2 Å². The van der Waals surface area contributed by atoms with Gasteiger partial charge in [0.1, 0.15) is 0 Å². The van der Waals surface area contributed by atoms with Gasteiger partial charge in [0, 0.05) is 12.1 Å². The fraction of sp³-hybridized carbons (Fsp3) is 0.200. The number of nitro benzene ring substituents is 1. The average molecular weight is 193 g/mol. The van der Waals surface area contributed by atoms with Crippen molar-refractivity contribution >= 4 is 11.3 Å². The minimum absolute atomic E-state index is 0.0963. The van der Waals surface area contributed by atoms with Crippen molar-refractivity contribution in [1.82, 2.24) is 0 Å². The van der Waals surface area contributed by atoms with Gasteiger partial charge in [-0.2, -0.15) is 0 Å². The molecule has 0 saturated carbocycles. The summed E-state index contributed by atoms with van der Waals surface area (Å²) in [5.41, 5.74) is 1.94. The molecule has 0 amide bonds. The van der Waals surface area contributed by atoms with Crippen LogP contribution in [-0.2, 0) is 4.74 Å². The summed E-state index contributed by atoms with van der Waals surface area (Å²) in [4.78, 5) is 9.96. The molecule has 4 nitrogen and oxygen atoms in total. The first-order chi connectivity index (χ1) is 6.65. The Morgan fingerprint density at radius 2 is 2.00 bits per heavy atom. The van der Waals surface area contributed by atoms with Crippen LogP contribution in [0.15, 0.2) is 30.5 Å². The topological polar surface area (TPSA) is 52.4 Å². The van der Waals surface area contributed by atoms with Crippen LogP contribution in [0.2, 0.25) is 0 Å². The molecule has 0 N–H and O–H groups in total. The third-order valence-electron chi connectivity index (χ3n) is 1.83. The molecule has 1 aromatic rings. The van der Waals surface area contributed by atoms with Crippen LogP contribution in [-0.4, -0.2) is 12.0 Å². The lowest BCUT2D eigenvalue weighted by atomic mass is 10.1. The molecule has 0 bridgehead atoms. The van der Waals surface area contributed by atoms with E-state index in [1.54, 1.807) is 25.5 Å². The first-order valence-corrected chi connectivity index (χ1v) is 4.09. The van der Waals surface area contributed by atoms with E-state index in [2.05, 4.69) is 0 Å². The van der Waals surface area contributed by atoms with E-state index >= 15 is 0 Å². The smallest absolute Gasteiger partial charge is 0.269 e. The van der Waals surface area contributed by atoms with Crippen LogP contribution in [0.25, 0.3) is 5.57 Å². The van der Waals surface area contributed by atoms with Gasteiger partial charge in [-0.15, -0.1) is 0 Å². The lowest BCUT2D eigenvalue weighted by molar-refractivity contribution is -0.384. The number of nitro groups is 1. The molecule has 4 heteroatoms. The number of allylic oxidation sites excluding steroid dienone is 1. The van der Waals surface area contributed by atoms with Crippen molar-refractivity contribution < 1.29 is 9.66 Å². The van der Waals surface area contributed by atoms with Gasteiger partial charge in [-0.3, -0.25) is 10.1 Å². The van der Waals surface area contributed by atoms with E-state index in [1.165, 1.54) is 12.1 Å². The molecule has 0 aliphatic heterocycles. The Bertz CT molecular complexity index is 354. The van der Waals surface area contributed by atoms with E-state index in [1.807, 2.05) is 6.92 Å². The SMILES string of the molecule is CO/C=C(\C)c1ccc([N+](=O)[O-])cc1. The second kappa shape index (κ2) is 4.41. The number of hydrogen-bond donors (Lipinski definition) is 0. The van der Waals surface area contributed by atoms with E-state index in [4.69, 9.17) is 4.74 Å². The molecule has 0 heterocycles. The predicted molar refractivity (Wildman–Crippen MR) is 53.8 cm³/mol. The first-order valence-electron chi connectivity index (χ1n) is 4.09. The maximum atomic E-state index is 10.4. The summed E-state index contributed by atoms with van der Waals surface area (Å²) in [6.07, 6.45) is 1.60. The Hall–Kier alpha value is -1.84. The molecular weight excluding hydrogens is 182 g/mol. The van der Waals surface area contributed by atoms with Gasteiger partial charge in [-0.25, -0.2) is 0 Å². The zero-order valence-corrected chi connectivity index (χ0v) is 8.06. The summed E-state index contributed by atoms with van der Waals surface area (Å²) in [6, 6.07) is 6.34. The highest BCUT2D eigenvalue weighted by Gasteiger charge is 2.04. The number of non-ortho nitro benzene ring substituents is 1. The molecule has 1 aromatic carbocycles. The largest absolute Gasteiger partial charge is 0.504 e. The molecule has 0 saturated heterocycles. The number of rotatable bonds is 3. The molecule has 0 atom stereocenters. The van der Waals surface area contributed by atoms with Gasteiger partial charge in [0.25, 0.3) is 5.69 Å². The summed E-state index contributed by atoms with van der Waals surface area (Å²) < 4.78 is 4.84. The van der Waals surface area contributed by atoms with Crippen LogP contribution in [0, 0.1) is 10.1 Å². The minimum atomic E-state index is -0.418. The first kappa shape index (κ1) is 10.2. The fourth-order valence-corrected chi connectivity index (χ4v) is 1.09. The van der Waals surface area contributed by atoms with Crippen molar-refractivity contribution in [1.29, 1.82) is 0 Å². The number of ether oxygens (including phenoxy) is 1. The normalized spacial score (nSPS) is 11.1. The lowest BCUT2D eigenvalue weighted by Gasteiger charge is -2.00. The molecule has 0 spiro atoms. The zero-order chi connectivity index (χ0) is 10.6. The molecule has 0 aromatic heterocycles. The van der Waals surface area contributed by atoms with Crippen LogP contribution in [0.5, 0.6) is 0 Å². The highest BCUT2D eigenvalue weighted by atomic mass is 16.6. The minimum Gasteiger partial charge on any atom is -0.504 e. The van der Waals surface area contributed by atoms with Gasteiger partial charge >= 0.3 is 0 Å². The third kappa shape index (κ3) is 2.32. The van der Waals surface area contributed by atoms with E-state index in [0.29, 0.717) is 0 Å². The van der Waals surface area contributed by atoms with Gasteiger partial charge in [-0.1, -0.05) is 0 Å². The van der Waals surface area contributed by atoms with Gasteiger partial charge in [0.2, 0.25) is 0 Å². The highest BCUT2D eigenvalue weighted by molar-refractivity contribution is 5.63. The summed E-state index contributed by atoms with van der Waals surface area (Å²) >= 11 is 0. The van der Waals surface area contributed by atoms with Gasteiger partial charge < -0.3 is 4.74 Å². The number of nitrogens with zero attached hydrogens (tertiary/aromatic N) is 1. The summed E-state index contributed by atoms with van der Waals surface area (Å²) in [5.74, 6) is 0. The number of hydrogen-bond acceptors (Lipinski definition) is 3. The van der Waals surface area contributed by atoms with E-state index in [-0.39, 0.29) is 5.69 Å². The summed E-state index contributed by atoms with van der Waals surface area (Å²) in [7, 11) is 1.56. The standard InChI is InChI=1S/C10H11NO3/c1-8(7-14-2)9-3-5-10(6-4-9)11(12)13/h3-7H,1-2H3/b8-7+. The Labute approximate surface area is 82.0 Å². The van der Waals surface area contributed by atoms with E-state index in [0.717, 1.165) is 11.1 Å². The van der Waals surface area contributed by atoms with Crippen LogP contribution in [0.3, 0.4) is 0 Å². The van der Waals surface area contributed by atoms with Crippen molar-refractivity contribution in [2.24, 2.45) is 0 Å². The molecule has 1 rings (SSSR count). The molecule has 0 aliphatic rings. The Kier molecular flexibility index (Phi) is 3.23. The number of methoxy groups -OCH3 is 1. The monoisotopic (exact) mass is 193 g/mol. The second-order valence-electron chi connectivity index (χ2n) is 2.84. The van der Waals surface area contributed by atoms with E-state index in [9.17, 15) is 10.1 Å². The quantitative estimate of drug-likeness (QED) is 0.421. The molecule has 0 aliphatic carbocycles. The van der Waals surface area contributed by atoms with Gasteiger partial charge in [-0.05, 0) is 30.2 Å². The van der Waals surface area contributed by atoms with Crippen LogP contribution in [0.4, 0.5) is 5.69 Å².